The fourth-order valence-corrected chi connectivity index (χ4v) is 2.04. The molecule has 0 radical (unpaired) electrons. The molecular weight excluding hydrogens is 216 g/mol. The molecule has 1 saturated heterocycles. The van der Waals surface area contributed by atoms with Crippen LogP contribution in [0, 0.1) is 5.41 Å². The highest BCUT2D eigenvalue weighted by molar-refractivity contribution is 5.94. The normalized spacial score (nSPS) is 19.1. The van der Waals surface area contributed by atoms with Crippen LogP contribution in [0.15, 0.2) is 18.5 Å². The molecule has 0 unspecified atom stereocenters. The molecule has 4 nitrogen and oxygen atoms in total. The minimum Gasteiger partial charge on any atom is -0.506 e. The second-order valence-electron chi connectivity index (χ2n) is 5.39. The summed E-state index contributed by atoms with van der Waals surface area (Å²) in [6, 6.07) is 1.47. The second-order valence-corrected chi connectivity index (χ2v) is 5.39. The number of pyridine rings is 1. The number of hydrogen-bond donors (Lipinski definition) is 1. The maximum Gasteiger partial charge on any atom is 0.255 e. The predicted molar refractivity (Wildman–Crippen MR) is 64.8 cm³/mol. The third-order valence-corrected chi connectivity index (χ3v) is 3.37. The molecular formula is C13H18N2O2. The van der Waals surface area contributed by atoms with E-state index < -0.39 is 0 Å². The van der Waals surface area contributed by atoms with Crippen LogP contribution in [0.3, 0.4) is 0 Å². The van der Waals surface area contributed by atoms with Crippen LogP contribution in [0.2, 0.25) is 0 Å². The Morgan fingerprint density at radius 3 is 2.59 bits per heavy atom. The lowest BCUT2D eigenvalue weighted by Crippen LogP contribution is -2.41. The maximum absolute atomic E-state index is 12.1. The fraction of sp³-hybridized carbons (Fsp3) is 0.538. The second kappa shape index (κ2) is 4.35. The van der Waals surface area contributed by atoms with Gasteiger partial charge in [0.05, 0.1) is 11.8 Å². The molecule has 1 aromatic heterocycles. The van der Waals surface area contributed by atoms with Crippen molar-refractivity contribution in [1.29, 1.82) is 0 Å². The molecule has 2 rings (SSSR count). The SMILES string of the molecule is CC1(C)CCN(C(=O)c2cncc(O)c2)CC1. The summed E-state index contributed by atoms with van der Waals surface area (Å²) >= 11 is 0. The summed E-state index contributed by atoms with van der Waals surface area (Å²) in [6.45, 7) is 6.01. The minimum atomic E-state index is -0.0381. The van der Waals surface area contributed by atoms with Gasteiger partial charge in [-0.15, -0.1) is 0 Å². The van der Waals surface area contributed by atoms with E-state index in [0.717, 1.165) is 25.9 Å². The van der Waals surface area contributed by atoms with E-state index in [1.54, 1.807) is 0 Å². The van der Waals surface area contributed by atoms with Gasteiger partial charge in [-0.1, -0.05) is 13.8 Å². The summed E-state index contributed by atoms with van der Waals surface area (Å²) in [6.07, 6.45) is 4.87. The van der Waals surface area contributed by atoms with Crippen LogP contribution in [-0.4, -0.2) is 34.0 Å². The number of rotatable bonds is 1. The molecule has 0 atom stereocenters. The first-order valence-electron chi connectivity index (χ1n) is 5.91. The highest BCUT2D eigenvalue weighted by Gasteiger charge is 2.28. The zero-order valence-corrected chi connectivity index (χ0v) is 10.3. The van der Waals surface area contributed by atoms with Crippen LogP contribution in [0.4, 0.5) is 0 Å². The minimum absolute atomic E-state index is 0.0354. The smallest absolute Gasteiger partial charge is 0.255 e. The molecule has 17 heavy (non-hydrogen) atoms. The number of carbonyl (C=O) groups excluding carboxylic acids is 1. The summed E-state index contributed by atoms with van der Waals surface area (Å²) in [5.41, 5.74) is 0.790. The number of aromatic nitrogens is 1. The molecule has 0 spiro atoms. The van der Waals surface area contributed by atoms with Gasteiger partial charge in [0.25, 0.3) is 5.91 Å². The van der Waals surface area contributed by atoms with Crippen LogP contribution in [-0.2, 0) is 0 Å². The first kappa shape index (κ1) is 11.9. The Morgan fingerprint density at radius 2 is 2.00 bits per heavy atom. The summed E-state index contributed by atoms with van der Waals surface area (Å²) in [5, 5.41) is 9.31. The molecule has 0 bridgehead atoms. The van der Waals surface area contributed by atoms with Gasteiger partial charge in [-0.3, -0.25) is 9.78 Å². The third kappa shape index (κ3) is 2.75. The van der Waals surface area contributed by atoms with Crippen molar-refractivity contribution in [3.05, 3.63) is 24.0 Å². The highest BCUT2D eigenvalue weighted by Crippen LogP contribution is 2.30. The molecule has 1 aromatic rings. The Bertz CT molecular complexity index is 419. The first-order valence-corrected chi connectivity index (χ1v) is 5.91. The number of nitrogens with zero attached hydrogens (tertiary/aromatic N) is 2. The number of piperidine rings is 1. The number of aromatic hydroxyl groups is 1. The molecule has 1 aliphatic heterocycles. The average molecular weight is 234 g/mol. The number of hydrogen-bond acceptors (Lipinski definition) is 3. The summed E-state index contributed by atoms with van der Waals surface area (Å²) in [5.74, 6) is -0.00270. The quantitative estimate of drug-likeness (QED) is 0.809. The van der Waals surface area contributed by atoms with E-state index in [1.165, 1.54) is 18.5 Å². The van der Waals surface area contributed by atoms with Gasteiger partial charge < -0.3 is 10.0 Å². The zero-order valence-electron chi connectivity index (χ0n) is 10.3. The summed E-state index contributed by atoms with van der Waals surface area (Å²) in [4.78, 5) is 17.8. The van der Waals surface area contributed by atoms with Gasteiger partial charge in [0.15, 0.2) is 0 Å². The number of likely N-dealkylation sites (tertiary alicyclic amines) is 1. The standard InChI is InChI=1S/C13H18N2O2/c1-13(2)3-5-15(6-4-13)12(17)10-7-11(16)9-14-8-10/h7-9,16H,3-6H2,1-2H3. The molecule has 0 aromatic carbocycles. The molecule has 1 aliphatic rings. The lowest BCUT2D eigenvalue weighted by atomic mass is 9.82. The highest BCUT2D eigenvalue weighted by atomic mass is 16.3. The van der Waals surface area contributed by atoms with Gasteiger partial charge in [0, 0.05) is 19.3 Å². The van der Waals surface area contributed by atoms with Crippen molar-refractivity contribution in [2.45, 2.75) is 26.7 Å². The van der Waals surface area contributed by atoms with E-state index in [9.17, 15) is 9.90 Å². The van der Waals surface area contributed by atoms with Gasteiger partial charge in [0.2, 0.25) is 0 Å². The van der Waals surface area contributed by atoms with Crippen LogP contribution >= 0.6 is 0 Å². The Labute approximate surface area is 101 Å². The molecule has 92 valence electrons. The van der Waals surface area contributed by atoms with Crippen LogP contribution < -0.4 is 0 Å². The van der Waals surface area contributed by atoms with E-state index >= 15 is 0 Å². The van der Waals surface area contributed by atoms with Crippen LogP contribution in [0.5, 0.6) is 5.75 Å². The van der Waals surface area contributed by atoms with Crippen molar-refractivity contribution >= 4 is 5.91 Å². The lowest BCUT2D eigenvalue weighted by molar-refractivity contribution is 0.0629. The summed E-state index contributed by atoms with van der Waals surface area (Å²) < 4.78 is 0. The van der Waals surface area contributed by atoms with E-state index in [-0.39, 0.29) is 11.7 Å². The zero-order chi connectivity index (χ0) is 12.5. The van der Waals surface area contributed by atoms with Gasteiger partial charge in [0.1, 0.15) is 5.75 Å². The summed E-state index contributed by atoms with van der Waals surface area (Å²) in [7, 11) is 0. The fourth-order valence-electron chi connectivity index (χ4n) is 2.04. The third-order valence-electron chi connectivity index (χ3n) is 3.37. The van der Waals surface area contributed by atoms with E-state index in [4.69, 9.17) is 0 Å². The van der Waals surface area contributed by atoms with Crippen molar-refractivity contribution in [1.82, 2.24) is 9.88 Å². The maximum atomic E-state index is 12.1. The topological polar surface area (TPSA) is 53.4 Å². The van der Waals surface area contributed by atoms with E-state index in [0.29, 0.717) is 11.0 Å². The lowest BCUT2D eigenvalue weighted by Gasteiger charge is -2.36. The molecule has 0 saturated carbocycles. The van der Waals surface area contributed by atoms with E-state index in [1.807, 2.05) is 4.90 Å². The molecule has 4 heteroatoms. The van der Waals surface area contributed by atoms with Crippen molar-refractivity contribution in [2.24, 2.45) is 5.41 Å². The Morgan fingerprint density at radius 1 is 1.35 bits per heavy atom. The number of carbonyl (C=O) groups is 1. The first-order chi connectivity index (χ1) is 7.98. The Balaban J connectivity index is 2.07. The van der Waals surface area contributed by atoms with Gasteiger partial charge in [-0.05, 0) is 24.3 Å². The molecule has 2 heterocycles. The monoisotopic (exact) mass is 234 g/mol. The van der Waals surface area contributed by atoms with Gasteiger partial charge >= 0.3 is 0 Å². The Hall–Kier alpha value is -1.58. The van der Waals surface area contributed by atoms with E-state index in [2.05, 4.69) is 18.8 Å². The molecule has 0 aliphatic carbocycles. The van der Waals surface area contributed by atoms with Gasteiger partial charge in [-0.2, -0.15) is 0 Å². The van der Waals surface area contributed by atoms with Crippen LogP contribution in [0.25, 0.3) is 0 Å². The van der Waals surface area contributed by atoms with Crippen molar-refractivity contribution in [2.75, 3.05) is 13.1 Å². The van der Waals surface area contributed by atoms with Gasteiger partial charge in [-0.25, -0.2) is 0 Å². The van der Waals surface area contributed by atoms with Crippen molar-refractivity contribution in [3.8, 4) is 5.75 Å². The number of amides is 1. The average Bonchev–Trinajstić information content (AvgIpc) is 2.28. The Kier molecular flexibility index (Phi) is 3.05. The largest absolute Gasteiger partial charge is 0.506 e. The molecule has 1 N–H and O–H groups in total. The van der Waals surface area contributed by atoms with Crippen molar-refractivity contribution < 1.29 is 9.90 Å². The molecule has 1 fully saturated rings. The predicted octanol–water partition coefficient (Wildman–Crippen LogP) is 2.05. The van der Waals surface area contributed by atoms with Crippen LogP contribution in [0.1, 0.15) is 37.0 Å². The van der Waals surface area contributed by atoms with Crippen molar-refractivity contribution in [3.63, 3.8) is 0 Å². The molecule has 1 amide bonds.